The van der Waals surface area contributed by atoms with Gasteiger partial charge < -0.3 is 0 Å². The Hall–Kier alpha value is -0.590. The molecule has 0 saturated heterocycles. The molecule has 0 saturated carbocycles. The molecular formula is C9H14O. The third-order valence-corrected chi connectivity index (χ3v) is 2.42. The molecule has 1 rings (SSSR count). The standard InChI is InChI=1S/C9H14O/c1-3-9(2)6-4-8(10)5-7-9/h4,6H,3,5,7H2,1-2H3/t9-/m1/s1. The molecule has 0 bridgehead atoms. The van der Waals surface area contributed by atoms with Gasteiger partial charge in [0.1, 0.15) is 0 Å². The summed E-state index contributed by atoms with van der Waals surface area (Å²) in [4.78, 5) is 10.8. The van der Waals surface area contributed by atoms with Gasteiger partial charge in [-0.2, -0.15) is 0 Å². The Morgan fingerprint density at radius 2 is 2.40 bits per heavy atom. The van der Waals surface area contributed by atoms with Crippen LogP contribution in [0.3, 0.4) is 0 Å². The fourth-order valence-corrected chi connectivity index (χ4v) is 1.16. The fourth-order valence-electron chi connectivity index (χ4n) is 1.16. The maximum absolute atomic E-state index is 10.8. The number of carbonyl (C=O) groups excluding carboxylic acids is 1. The third-order valence-electron chi connectivity index (χ3n) is 2.42. The van der Waals surface area contributed by atoms with E-state index < -0.39 is 0 Å². The number of hydrogen-bond donors (Lipinski definition) is 0. The zero-order chi connectivity index (χ0) is 7.61. The number of ketones is 1. The van der Waals surface area contributed by atoms with Crippen molar-refractivity contribution < 1.29 is 4.79 Å². The van der Waals surface area contributed by atoms with Crippen molar-refractivity contribution in [3.8, 4) is 0 Å². The summed E-state index contributed by atoms with van der Waals surface area (Å²) in [6, 6.07) is 0. The second kappa shape index (κ2) is 2.57. The van der Waals surface area contributed by atoms with E-state index in [1.165, 1.54) is 0 Å². The van der Waals surface area contributed by atoms with Crippen LogP contribution in [0.25, 0.3) is 0 Å². The van der Waals surface area contributed by atoms with E-state index in [4.69, 9.17) is 0 Å². The van der Waals surface area contributed by atoms with Crippen molar-refractivity contribution in [3.63, 3.8) is 0 Å². The molecular weight excluding hydrogens is 124 g/mol. The number of rotatable bonds is 1. The maximum Gasteiger partial charge on any atom is 0.155 e. The van der Waals surface area contributed by atoms with Gasteiger partial charge in [0.25, 0.3) is 0 Å². The van der Waals surface area contributed by atoms with Crippen molar-refractivity contribution in [1.82, 2.24) is 0 Å². The van der Waals surface area contributed by atoms with E-state index in [-0.39, 0.29) is 5.78 Å². The first-order valence-corrected chi connectivity index (χ1v) is 3.88. The average Bonchev–Trinajstić information content (AvgIpc) is 1.96. The summed E-state index contributed by atoms with van der Waals surface area (Å²) in [5.74, 6) is 0.283. The van der Waals surface area contributed by atoms with Crippen LogP contribution in [0.15, 0.2) is 12.2 Å². The maximum atomic E-state index is 10.8. The first-order valence-electron chi connectivity index (χ1n) is 3.88. The van der Waals surface area contributed by atoms with E-state index in [1.807, 2.05) is 0 Å². The molecule has 1 aliphatic carbocycles. The van der Waals surface area contributed by atoms with E-state index in [1.54, 1.807) is 6.08 Å². The highest BCUT2D eigenvalue weighted by Gasteiger charge is 2.22. The van der Waals surface area contributed by atoms with Crippen molar-refractivity contribution in [2.24, 2.45) is 5.41 Å². The summed E-state index contributed by atoms with van der Waals surface area (Å²) < 4.78 is 0. The molecule has 0 radical (unpaired) electrons. The normalized spacial score (nSPS) is 32.8. The molecule has 10 heavy (non-hydrogen) atoms. The molecule has 0 aromatic carbocycles. The zero-order valence-corrected chi connectivity index (χ0v) is 6.68. The predicted octanol–water partition coefficient (Wildman–Crippen LogP) is 2.32. The Morgan fingerprint density at radius 3 is 2.80 bits per heavy atom. The first kappa shape index (κ1) is 7.52. The Morgan fingerprint density at radius 1 is 1.70 bits per heavy atom. The third kappa shape index (κ3) is 1.47. The summed E-state index contributed by atoms with van der Waals surface area (Å²) in [5, 5.41) is 0. The lowest BCUT2D eigenvalue weighted by molar-refractivity contribution is -0.115. The van der Waals surface area contributed by atoms with Gasteiger partial charge in [0.15, 0.2) is 5.78 Å². The van der Waals surface area contributed by atoms with Crippen molar-refractivity contribution >= 4 is 5.78 Å². The van der Waals surface area contributed by atoms with Crippen LogP contribution < -0.4 is 0 Å². The van der Waals surface area contributed by atoms with Crippen molar-refractivity contribution in [1.29, 1.82) is 0 Å². The molecule has 0 unspecified atom stereocenters. The fraction of sp³-hybridized carbons (Fsp3) is 0.667. The summed E-state index contributed by atoms with van der Waals surface area (Å²) in [7, 11) is 0. The van der Waals surface area contributed by atoms with Gasteiger partial charge in [0.05, 0.1) is 0 Å². The van der Waals surface area contributed by atoms with Crippen LogP contribution >= 0.6 is 0 Å². The van der Waals surface area contributed by atoms with E-state index >= 15 is 0 Å². The van der Waals surface area contributed by atoms with Crippen molar-refractivity contribution in [2.45, 2.75) is 33.1 Å². The lowest BCUT2D eigenvalue weighted by Gasteiger charge is -2.26. The van der Waals surface area contributed by atoms with E-state index in [2.05, 4.69) is 19.9 Å². The molecule has 0 aromatic rings. The average molecular weight is 138 g/mol. The largest absolute Gasteiger partial charge is 0.295 e. The number of carbonyl (C=O) groups is 1. The van der Waals surface area contributed by atoms with Gasteiger partial charge in [0, 0.05) is 6.42 Å². The minimum Gasteiger partial charge on any atom is -0.295 e. The summed E-state index contributed by atoms with van der Waals surface area (Å²) in [5.41, 5.74) is 0.300. The van der Waals surface area contributed by atoms with Crippen molar-refractivity contribution in [2.75, 3.05) is 0 Å². The molecule has 56 valence electrons. The molecule has 0 N–H and O–H groups in total. The molecule has 0 amide bonds. The molecule has 0 aromatic heterocycles. The van der Waals surface area contributed by atoms with Crippen LogP contribution in [-0.4, -0.2) is 5.78 Å². The molecule has 1 nitrogen and oxygen atoms in total. The Bertz CT molecular complexity index is 170. The van der Waals surface area contributed by atoms with Gasteiger partial charge in [-0.1, -0.05) is 19.9 Å². The smallest absolute Gasteiger partial charge is 0.155 e. The Balaban J connectivity index is 2.68. The minimum absolute atomic E-state index is 0.283. The summed E-state index contributed by atoms with van der Waals surface area (Å²) >= 11 is 0. The van der Waals surface area contributed by atoms with Crippen LogP contribution in [0, 0.1) is 5.41 Å². The molecule has 0 spiro atoms. The molecule has 0 fully saturated rings. The second-order valence-electron chi connectivity index (χ2n) is 3.31. The lowest BCUT2D eigenvalue weighted by Crippen LogP contribution is -2.17. The quantitative estimate of drug-likeness (QED) is 0.543. The van der Waals surface area contributed by atoms with Gasteiger partial charge in [-0.05, 0) is 24.3 Å². The highest BCUT2D eigenvalue weighted by Crippen LogP contribution is 2.31. The van der Waals surface area contributed by atoms with E-state index in [0.717, 1.165) is 19.3 Å². The summed E-state index contributed by atoms with van der Waals surface area (Å²) in [6.45, 7) is 4.37. The lowest BCUT2D eigenvalue weighted by atomic mass is 9.78. The monoisotopic (exact) mass is 138 g/mol. The van der Waals surface area contributed by atoms with Gasteiger partial charge in [-0.15, -0.1) is 0 Å². The molecule has 1 aliphatic rings. The second-order valence-corrected chi connectivity index (χ2v) is 3.31. The SMILES string of the molecule is CC[C@]1(C)C=CC(=O)CC1. The van der Waals surface area contributed by atoms with Crippen LogP contribution in [-0.2, 0) is 4.79 Å². The van der Waals surface area contributed by atoms with E-state index in [9.17, 15) is 4.79 Å². The molecule has 0 aliphatic heterocycles. The van der Waals surface area contributed by atoms with Gasteiger partial charge in [-0.25, -0.2) is 0 Å². The summed E-state index contributed by atoms with van der Waals surface area (Å²) in [6.07, 6.45) is 6.68. The van der Waals surface area contributed by atoms with Gasteiger partial charge >= 0.3 is 0 Å². The minimum atomic E-state index is 0.283. The number of hydrogen-bond acceptors (Lipinski definition) is 1. The highest BCUT2D eigenvalue weighted by molar-refractivity contribution is 5.90. The van der Waals surface area contributed by atoms with Crippen LogP contribution in [0.4, 0.5) is 0 Å². The predicted molar refractivity (Wildman–Crippen MR) is 41.8 cm³/mol. The highest BCUT2D eigenvalue weighted by atomic mass is 16.1. The Labute approximate surface area is 62.1 Å². The van der Waals surface area contributed by atoms with Crippen LogP contribution in [0.1, 0.15) is 33.1 Å². The van der Waals surface area contributed by atoms with Crippen LogP contribution in [0.5, 0.6) is 0 Å². The van der Waals surface area contributed by atoms with Gasteiger partial charge in [0.2, 0.25) is 0 Å². The van der Waals surface area contributed by atoms with Crippen LogP contribution in [0.2, 0.25) is 0 Å². The molecule has 1 heteroatoms. The first-order chi connectivity index (χ1) is 4.66. The Kier molecular flexibility index (Phi) is 1.93. The van der Waals surface area contributed by atoms with Crippen molar-refractivity contribution in [3.05, 3.63) is 12.2 Å². The number of allylic oxidation sites excluding steroid dienone is 2. The molecule has 1 atom stereocenters. The zero-order valence-electron chi connectivity index (χ0n) is 6.68. The molecule has 0 heterocycles. The van der Waals surface area contributed by atoms with E-state index in [0.29, 0.717) is 5.41 Å². The topological polar surface area (TPSA) is 17.1 Å². The van der Waals surface area contributed by atoms with Gasteiger partial charge in [-0.3, -0.25) is 4.79 Å².